The van der Waals surface area contributed by atoms with Gasteiger partial charge in [0, 0.05) is 12.8 Å². The summed E-state index contributed by atoms with van der Waals surface area (Å²) >= 11 is 0. The van der Waals surface area contributed by atoms with Gasteiger partial charge in [0.05, 0.1) is 13.2 Å². The Bertz CT molecular complexity index is 1060. The zero-order chi connectivity index (χ0) is 48.7. The summed E-state index contributed by atoms with van der Waals surface area (Å²) in [6.45, 7) is 3.50. The van der Waals surface area contributed by atoms with Gasteiger partial charge in [0.1, 0.15) is 31.0 Å². The van der Waals surface area contributed by atoms with Crippen LogP contribution in [0.25, 0.3) is 0 Å². The summed E-state index contributed by atoms with van der Waals surface area (Å²) in [7, 11) is 0. The molecule has 0 aliphatic carbocycles. The second-order valence-corrected chi connectivity index (χ2v) is 20.5. The minimum absolute atomic E-state index is 0.208. The molecule has 10 heteroatoms. The normalized spacial score (nSPS) is 18.9. The Morgan fingerprint density at radius 3 is 1.01 bits per heavy atom. The second-order valence-electron chi connectivity index (χ2n) is 20.5. The van der Waals surface area contributed by atoms with Crippen molar-refractivity contribution in [3.8, 4) is 0 Å². The summed E-state index contributed by atoms with van der Waals surface area (Å²) in [5.74, 6) is -0.781. The molecule has 67 heavy (non-hydrogen) atoms. The lowest BCUT2D eigenvalue weighted by Gasteiger charge is -2.39. The number of unbranched alkanes of at least 4 members (excludes halogenated alkanes) is 40. The van der Waals surface area contributed by atoms with E-state index >= 15 is 0 Å². The van der Waals surface area contributed by atoms with Crippen LogP contribution in [0.2, 0.25) is 0 Å². The first kappa shape index (κ1) is 63.7. The Labute approximate surface area is 412 Å². The molecule has 1 heterocycles. The molecular weight excluding hydrogens is 845 g/mol. The summed E-state index contributed by atoms with van der Waals surface area (Å²) in [5.41, 5.74) is 0. The first-order valence-corrected chi connectivity index (χ1v) is 29.1. The van der Waals surface area contributed by atoms with Crippen LogP contribution in [0, 0.1) is 0 Å². The van der Waals surface area contributed by atoms with Gasteiger partial charge in [-0.05, 0) is 12.8 Å². The van der Waals surface area contributed by atoms with Crippen molar-refractivity contribution in [2.75, 3.05) is 19.8 Å². The van der Waals surface area contributed by atoms with E-state index in [-0.39, 0.29) is 32.0 Å². The molecule has 0 radical (unpaired) electrons. The molecule has 1 aliphatic rings. The van der Waals surface area contributed by atoms with E-state index in [1.807, 2.05) is 0 Å². The van der Waals surface area contributed by atoms with Crippen LogP contribution < -0.4 is 0 Å². The van der Waals surface area contributed by atoms with E-state index in [0.29, 0.717) is 6.42 Å². The standard InChI is InChI=1S/C57H110O10/c1-3-5-7-9-11-13-15-17-19-21-23-24-25-26-28-30-32-34-36-38-40-42-44-46-53(60)66-50(49-65-57-56(63)55(62)54(61)51(47-58)67-57)48-64-52(59)45-43-41-39-37-35-33-31-29-27-22-20-18-16-14-12-10-8-6-4-2/h50-51,54-58,61-63H,3-49H2,1-2H3/t50-,51-,54+,55?,56?,57-/m1/s1. The fraction of sp³-hybridized carbons (Fsp3) is 0.965. The van der Waals surface area contributed by atoms with Crippen molar-refractivity contribution < 1.29 is 49.0 Å². The highest BCUT2D eigenvalue weighted by Gasteiger charge is 2.44. The van der Waals surface area contributed by atoms with Crippen molar-refractivity contribution in [1.29, 1.82) is 0 Å². The maximum atomic E-state index is 12.9. The molecule has 1 aliphatic heterocycles. The monoisotopic (exact) mass is 955 g/mol. The van der Waals surface area contributed by atoms with Gasteiger partial charge in [-0.25, -0.2) is 0 Å². The second kappa shape index (κ2) is 48.3. The number of esters is 2. The number of carbonyl (C=O) groups excluding carboxylic acids is 2. The first-order valence-electron chi connectivity index (χ1n) is 29.1. The maximum Gasteiger partial charge on any atom is 0.306 e. The third-order valence-electron chi connectivity index (χ3n) is 14.0. The molecule has 0 aromatic rings. The SMILES string of the molecule is CCCCCCCCCCCCCCCCCCCCCCCCCC(=O)O[C@H](COC(=O)CCCCCCCCCCCCCCCCCCCCC)CO[C@@H]1O[C@H](CO)[C@H](O)C(O)C1O. The number of ether oxygens (including phenoxy) is 4. The fourth-order valence-corrected chi connectivity index (χ4v) is 9.43. The van der Waals surface area contributed by atoms with Gasteiger partial charge < -0.3 is 39.4 Å². The van der Waals surface area contributed by atoms with Crippen molar-refractivity contribution in [2.45, 2.75) is 333 Å². The third kappa shape index (κ3) is 39.1. The van der Waals surface area contributed by atoms with Gasteiger partial charge in [0.15, 0.2) is 12.4 Å². The zero-order valence-corrected chi connectivity index (χ0v) is 43.9. The molecule has 0 saturated carbocycles. The van der Waals surface area contributed by atoms with E-state index < -0.39 is 49.4 Å². The van der Waals surface area contributed by atoms with E-state index in [0.717, 1.165) is 32.1 Å². The summed E-state index contributed by atoms with van der Waals surface area (Å²) < 4.78 is 22.3. The molecule has 2 unspecified atom stereocenters. The number of aliphatic hydroxyl groups is 4. The number of rotatable bonds is 51. The van der Waals surface area contributed by atoms with Crippen LogP contribution in [-0.4, -0.2) is 89.0 Å². The van der Waals surface area contributed by atoms with E-state index in [2.05, 4.69) is 13.8 Å². The molecule has 398 valence electrons. The summed E-state index contributed by atoms with van der Waals surface area (Å²) in [4.78, 5) is 25.5. The van der Waals surface area contributed by atoms with Crippen LogP contribution >= 0.6 is 0 Å². The third-order valence-corrected chi connectivity index (χ3v) is 14.0. The van der Waals surface area contributed by atoms with E-state index in [1.54, 1.807) is 0 Å². The maximum absolute atomic E-state index is 12.9. The van der Waals surface area contributed by atoms with E-state index in [1.165, 1.54) is 231 Å². The van der Waals surface area contributed by atoms with Crippen LogP contribution in [0.1, 0.15) is 296 Å². The highest BCUT2D eigenvalue weighted by Crippen LogP contribution is 2.23. The summed E-state index contributed by atoms with van der Waals surface area (Å²) in [5, 5.41) is 40.3. The molecular formula is C57H110O10. The van der Waals surface area contributed by atoms with Crippen LogP contribution in [0.4, 0.5) is 0 Å². The van der Waals surface area contributed by atoms with Gasteiger partial charge in [-0.2, -0.15) is 0 Å². The van der Waals surface area contributed by atoms with Crippen molar-refractivity contribution in [3.63, 3.8) is 0 Å². The van der Waals surface area contributed by atoms with Crippen molar-refractivity contribution in [1.82, 2.24) is 0 Å². The predicted molar refractivity (Wildman–Crippen MR) is 275 cm³/mol. The van der Waals surface area contributed by atoms with Crippen LogP contribution in [0.3, 0.4) is 0 Å². The molecule has 1 rings (SSSR count). The topological polar surface area (TPSA) is 152 Å². The minimum Gasteiger partial charge on any atom is -0.462 e. The smallest absolute Gasteiger partial charge is 0.306 e. The Kier molecular flexibility index (Phi) is 46.0. The van der Waals surface area contributed by atoms with Gasteiger partial charge in [-0.15, -0.1) is 0 Å². The lowest BCUT2D eigenvalue weighted by molar-refractivity contribution is -0.305. The Morgan fingerprint density at radius 2 is 0.701 bits per heavy atom. The fourth-order valence-electron chi connectivity index (χ4n) is 9.43. The molecule has 0 amide bonds. The average Bonchev–Trinajstić information content (AvgIpc) is 3.33. The Hall–Kier alpha value is -1.30. The number of carbonyl (C=O) groups is 2. The van der Waals surface area contributed by atoms with E-state index in [9.17, 15) is 30.0 Å². The van der Waals surface area contributed by atoms with Crippen LogP contribution in [0.15, 0.2) is 0 Å². The molecule has 0 bridgehead atoms. The van der Waals surface area contributed by atoms with Crippen molar-refractivity contribution in [3.05, 3.63) is 0 Å². The molecule has 4 N–H and O–H groups in total. The van der Waals surface area contributed by atoms with Gasteiger partial charge >= 0.3 is 11.9 Å². The molecule has 10 nitrogen and oxygen atoms in total. The number of aliphatic hydroxyl groups excluding tert-OH is 4. The Balaban J connectivity index is 2.18. The van der Waals surface area contributed by atoms with Gasteiger partial charge in [0.2, 0.25) is 0 Å². The van der Waals surface area contributed by atoms with Crippen molar-refractivity contribution in [2.24, 2.45) is 0 Å². The molecule has 1 fully saturated rings. The molecule has 0 aromatic carbocycles. The number of hydrogen-bond donors (Lipinski definition) is 4. The predicted octanol–water partition coefficient (Wildman–Crippen LogP) is 14.5. The summed E-state index contributed by atoms with van der Waals surface area (Å²) in [6.07, 6.45) is 46.9. The van der Waals surface area contributed by atoms with E-state index in [4.69, 9.17) is 18.9 Å². The summed E-state index contributed by atoms with van der Waals surface area (Å²) in [6, 6.07) is 0. The molecule has 1 saturated heterocycles. The average molecular weight is 955 g/mol. The van der Waals surface area contributed by atoms with Gasteiger partial charge in [-0.1, -0.05) is 271 Å². The first-order chi connectivity index (χ1) is 32.8. The van der Waals surface area contributed by atoms with Gasteiger partial charge in [0.25, 0.3) is 0 Å². The zero-order valence-electron chi connectivity index (χ0n) is 43.9. The largest absolute Gasteiger partial charge is 0.462 e. The highest BCUT2D eigenvalue weighted by molar-refractivity contribution is 5.70. The lowest BCUT2D eigenvalue weighted by Crippen LogP contribution is -2.59. The molecule has 0 aromatic heterocycles. The van der Waals surface area contributed by atoms with Crippen molar-refractivity contribution >= 4 is 11.9 Å². The molecule has 6 atom stereocenters. The number of hydrogen-bond acceptors (Lipinski definition) is 10. The Morgan fingerprint density at radius 1 is 0.403 bits per heavy atom. The minimum atomic E-state index is -1.59. The molecule has 0 spiro atoms. The van der Waals surface area contributed by atoms with Crippen LogP contribution in [0.5, 0.6) is 0 Å². The quantitative estimate of drug-likeness (QED) is 0.0342. The van der Waals surface area contributed by atoms with Gasteiger partial charge in [-0.3, -0.25) is 9.59 Å². The lowest BCUT2D eigenvalue weighted by atomic mass is 9.99. The highest BCUT2D eigenvalue weighted by atomic mass is 16.7. The van der Waals surface area contributed by atoms with Crippen LogP contribution in [-0.2, 0) is 28.5 Å².